The van der Waals surface area contributed by atoms with E-state index in [9.17, 15) is 0 Å². The largest absolute Gasteiger partial charge is 0.310 e. The van der Waals surface area contributed by atoms with E-state index in [-0.39, 0.29) is 5.41 Å². The van der Waals surface area contributed by atoms with Crippen LogP contribution in [0.2, 0.25) is 0 Å². The van der Waals surface area contributed by atoms with E-state index >= 15 is 0 Å². The summed E-state index contributed by atoms with van der Waals surface area (Å²) in [7, 11) is 0. The quantitative estimate of drug-likeness (QED) is 0.152. The van der Waals surface area contributed by atoms with Crippen molar-refractivity contribution in [2.75, 3.05) is 9.80 Å². The van der Waals surface area contributed by atoms with Gasteiger partial charge in [0.05, 0.1) is 5.69 Å². The number of nitrogens with zero attached hydrogens (tertiary/aromatic N) is 2. The van der Waals surface area contributed by atoms with Gasteiger partial charge in [0.15, 0.2) is 0 Å². The Hall–Kier alpha value is -6.90. The summed E-state index contributed by atoms with van der Waals surface area (Å²) in [6, 6.07) is 75.0. The van der Waals surface area contributed by atoms with Crippen molar-refractivity contribution < 1.29 is 0 Å². The minimum atomic E-state index is -0.192. The molecule has 1 aliphatic carbocycles. The first-order valence-electron chi connectivity index (χ1n) is 19.1. The van der Waals surface area contributed by atoms with Crippen LogP contribution in [0.5, 0.6) is 0 Å². The van der Waals surface area contributed by atoms with Gasteiger partial charge in [-0.05, 0) is 122 Å². The Kier molecular flexibility index (Phi) is 7.85. The van der Waals surface area contributed by atoms with E-state index in [0.717, 1.165) is 34.1 Å². The average Bonchev–Trinajstić information content (AvgIpc) is 3.47. The van der Waals surface area contributed by atoms with Gasteiger partial charge in [-0.3, -0.25) is 0 Å². The molecular formula is C53H40N2. The summed E-state index contributed by atoms with van der Waals surface area (Å²) in [6.45, 7) is 4.77. The molecule has 0 unspecified atom stereocenters. The molecule has 262 valence electrons. The molecule has 9 aromatic carbocycles. The average molecular weight is 705 g/mol. The summed E-state index contributed by atoms with van der Waals surface area (Å²) in [6.07, 6.45) is 0. The van der Waals surface area contributed by atoms with Crippen LogP contribution in [-0.2, 0) is 5.41 Å². The Balaban J connectivity index is 1.22. The monoisotopic (exact) mass is 704 g/mol. The second kappa shape index (κ2) is 13.2. The molecular weight excluding hydrogens is 665 g/mol. The molecule has 0 fully saturated rings. The first-order chi connectivity index (χ1) is 27.0. The summed E-state index contributed by atoms with van der Waals surface area (Å²) in [5.41, 5.74) is 14.2. The van der Waals surface area contributed by atoms with Crippen molar-refractivity contribution in [3.63, 3.8) is 0 Å². The molecule has 2 nitrogen and oxygen atoms in total. The predicted molar refractivity (Wildman–Crippen MR) is 234 cm³/mol. The summed E-state index contributed by atoms with van der Waals surface area (Å²) in [5, 5.41) is 5.14. The van der Waals surface area contributed by atoms with Gasteiger partial charge in [0.1, 0.15) is 0 Å². The highest BCUT2D eigenvalue weighted by Crippen LogP contribution is 2.55. The van der Waals surface area contributed by atoms with Gasteiger partial charge in [0.2, 0.25) is 0 Å². The Morgan fingerprint density at radius 2 is 0.891 bits per heavy atom. The highest BCUT2D eigenvalue weighted by Gasteiger charge is 2.38. The fourth-order valence-corrected chi connectivity index (χ4v) is 8.71. The van der Waals surface area contributed by atoms with Crippen molar-refractivity contribution >= 4 is 55.7 Å². The molecule has 0 bridgehead atoms. The van der Waals surface area contributed by atoms with Crippen molar-refractivity contribution in [3.8, 4) is 22.3 Å². The number of fused-ring (bicyclic) bond motifs is 6. The molecule has 55 heavy (non-hydrogen) atoms. The summed E-state index contributed by atoms with van der Waals surface area (Å²) in [5.74, 6) is 0. The van der Waals surface area contributed by atoms with Crippen LogP contribution in [0.1, 0.15) is 25.0 Å². The van der Waals surface area contributed by atoms with E-state index in [4.69, 9.17) is 0 Å². The third kappa shape index (κ3) is 5.57. The van der Waals surface area contributed by atoms with E-state index in [1.54, 1.807) is 0 Å². The van der Waals surface area contributed by atoms with E-state index in [0.29, 0.717) is 0 Å². The zero-order chi connectivity index (χ0) is 36.9. The molecule has 0 saturated heterocycles. The number of hydrogen-bond acceptors (Lipinski definition) is 2. The third-order valence-corrected chi connectivity index (χ3v) is 11.4. The molecule has 0 radical (unpaired) electrons. The SMILES string of the molecule is CC1(C)c2cc3c(ccc4ccccc43)cc2-c2c(N(c3cccc(-c4ccccc4)c3)c3cccc(N(c4ccccc4)c4ccccc4)c3)cccc21. The van der Waals surface area contributed by atoms with Gasteiger partial charge in [-0.25, -0.2) is 0 Å². The normalized spacial score (nSPS) is 12.7. The fraction of sp³-hybridized carbons (Fsp3) is 0.0566. The Morgan fingerprint density at radius 3 is 1.62 bits per heavy atom. The Labute approximate surface area is 323 Å². The lowest BCUT2D eigenvalue weighted by Gasteiger charge is -2.31. The van der Waals surface area contributed by atoms with E-state index in [1.807, 2.05) is 0 Å². The lowest BCUT2D eigenvalue weighted by Crippen LogP contribution is -2.16. The zero-order valence-electron chi connectivity index (χ0n) is 31.0. The minimum Gasteiger partial charge on any atom is -0.310 e. The van der Waals surface area contributed by atoms with Crippen molar-refractivity contribution in [1.29, 1.82) is 0 Å². The molecule has 10 rings (SSSR count). The van der Waals surface area contributed by atoms with Gasteiger partial charge in [-0.1, -0.05) is 147 Å². The van der Waals surface area contributed by atoms with Gasteiger partial charge in [0.25, 0.3) is 0 Å². The van der Waals surface area contributed by atoms with Gasteiger partial charge in [-0.2, -0.15) is 0 Å². The van der Waals surface area contributed by atoms with Crippen LogP contribution in [-0.4, -0.2) is 0 Å². The van der Waals surface area contributed by atoms with E-state index < -0.39 is 0 Å². The molecule has 0 amide bonds. The van der Waals surface area contributed by atoms with E-state index in [1.165, 1.54) is 54.9 Å². The van der Waals surface area contributed by atoms with Crippen LogP contribution in [0.15, 0.2) is 206 Å². The van der Waals surface area contributed by atoms with Crippen LogP contribution in [0.25, 0.3) is 43.8 Å². The zero-order valence-corrected chi connectivity index (χ0v) is 31.0. The van der Waals surface area contributed by atoms with Crippen molar-refractivity contribution in [2.24, 2.45) is 0 Å². The molecule has 0 N–H and O–H groups in total. The Bertz CT molecular complexity index is 2800. The lowest BCUT2D eigenvalue weighted by molar-refractivity contribution is 0.661. The number of benzene rings is 9. The number of para-hydroxylation sites is 2. The second-order valence-corrected chi connectivity index (χ2v) is 15.0. The molecule has 1 aliphatic rings. The van der Waals surface area contributed by atoms with E-state index in [2.05, 4.69) is 230 Å². The predicted octanol–water partition coefficient (Wildman–Crippen LogP) is 14.9. The molecule has 0 spiro atoms. The van der Waals surface area contributed by atoms with Crippen molar-refractivity contribution in [2.45, 2.75) is 19.3 Å². The molecule has 2 heteroatoms. The van der Waals surface area contributed by atoms with Crippen LogP contribution in [0.3, 0.4) is 0 Å². The maximum absolute atomic E-state index is 2.47. The maximum Gasteiger partial charge on any atom is 0.0543 e. The Morgan fingerprint density at radius 1 is 0.345 bits per heavy atom. The van der Waals surface area contributed by atoms with Crippen molar-refractivity contribution in [3.05, 3.63) is 217 Å². The molecule has 0 heterocycles. The van der Waals surface area contributed by atoms with Gasteiger partial charge in [0, 0.05) is 39.4 Å². The summed E-state index contributed by atoms with van der Waals surface area (Å²) >= 11 is 0. The summed E-state index contributed by atoms with van der Waals surface area (Å²) in [4.78, 5) is 4.81. The van der Waals surface area contributed by atoms with Crippen molar-refractivity contribution in [1.82, 2.24) is 0 Å². The van der Waals surface area contributed by atoms with Gasteiger partial charge >= 0.3 is 0 Å². The maximum atomic E-state index is 2.47. The fourth-order valence-electron chi connectivity index (χ4n) is 8.71. The van der Waals surface area contributed by atoms with Crippen LogP contribution >= 0.6 is 0 Å². The van der Waals surface area contributed by atoms with Crippen LogP contribution in [0, 0.1) is 0 Å². The standard InChI is InChI=1S/C53H40N2/c1-53(2)49-29-16-30-51(52(49)48-34-40-32-31-38-19-12-13-28-46(38)47(40)36-50(48)53)55(43-25-14-20-39(33-43)37-17-6-3-7-18-37)45-27-15-26-44(35-45)54(41-21-8-4-9-22-41)42-23-10-5-11-24-42/h3-36H,1-2H3. The first-order valence-corrected chi connectivity index (χ1v) is 19.1. The number of hydrogen-bond donors (Lipinski definition) is 0. The topological polar surface area (TPSA) is 6.48 Å². The number of anilines is 6. The van der Waals surface area contributed by atoms with Crippen LogP contribution in [0.4, 0.5) is 34.1 Å². The molecule has 0 atom stereocenters. The van der Waals surface area contributed by atoms with Gasteiger partial charge < -0.3 is 9.80 Å². The highest BCUT2D eigenvalue weighted by atomic mass is 15.2. The lowest BCUT2D eigenvalue weighted by atomic mass is 9.81. The molecule has 0 aromatic heterocycles. The molecule has 0 saturated carbocycles. The highest BCUT2D eigenvalue weighted by molar-refractivity contribution is 6.10. The molecule has 0 aliphatic heterocycles. The summed E-state index contributed by atoms with van der Waals surface area (Å²) < 4.78 is 0. The molecule has 9 aromatic rings. The number of rotatable bonds is 7. The smallest absolute Gasteiger partial charge is 0.0543 e. The minimum absolute atomic E-state index is 0.192. The first kappa shape index (κ1) is 32.7. The third-order valence-electron chi connectivity index (χ3n) is 11.4. The second-order valence-electron chi connectivity index (χ2n) is 15.0. The van der Waals surface area contributed by atoms with Gasteiger partial charge in [-0.15, -0.1) is 0 Å². The van der Waals surface area contributed by atoms with Crippen LogP contribution < -0.4 is 9.80 Å².